The Balaban J connectivity index is 1.44. The molecule has 1 fully saturated rings. The van der Waals surface area contributed by atoms with Crippen molar-refractivity contribution in [1.82, 2.24) is 9.88 Å². The first-order chi connectivity index (χ1) is 14.7. The van der Waals surface area contributed by atoms with Crippen LogP contribution in [0.1, 0.15) is 36.3 Å². The number of para-hydroxylation sites is 1. The van der Waals surface area contributed by atoms with E-state index in [1.54, 1.807) is 24.5 Å². The minimum Gasteiger partial charge on any atom is -0.493 e. The number of carbonyl (C=O) groups excluding carboxylic acids is 1. The van der Waals surface area contributed by atoms with Gasteiger partial charge in [0.2, 0.25) is 5.91 Å². The molecule has 0 saturated carbocycles. The van der Waals surface area contributed by atoms with Gasteiger partial charge < -0.3 is 14.4 Å². The molecular weight excluding hydrogens is 396 g/mol. The summed E-state index contributed by atoms with van der Waals surface area (Å²) < 4.78 is 12.1. The number of hydrogen-bond donors (Lipinski definition) is 0. The standard InChI is InChI=1S/C24H26N2O3S/c1-3-29-20-12-10-17(15-21(20)28-2)11-13-23(27)26-14-6-7-18(16-26)24-25-19-8-4-5-9-22(19)30-24/h4-5,8-13,15,18H,3,6-7,14,16H2,1-2H3/b13-11+/t18-/m1/s1. The zero-order valence-electron chi connectivity index (χ0n) is 17.3. The topological polar surface area (TPSA) is 51.7 Å². The van der Waals surface area contributed by atoms with Crippen LogP contribution < -0.4 is 9.47 Å². The summed E-state index contributed by atoms with van der Waals surface area (Å²) in [5.41, 5.74) is 1.95. The molecule has 156 valence electrons. The van der Waals surface area contributed by atoms with Crippen LogP contribution in [0.2, 0.25) is 0 Å². The van der Waals surface area contributed by atoms with Crippen LogP contribution in [0.3, 0.4) is 0 Å². The van der Waals surface area contributed by atoms with Crippen LogP contribution in [0.4, 0.5) is 0 Å². The van der Waals surface area contributed by atoms with Crippen LogP contribution >= 0.6 is 11.3 Å². The van der Waals surface area contributed by atoms with Crippen molar-refractivity contribution in [1.29, 1.82) is 0 Å². The Morgan fingerprint density at radius 3 is 2.93 bits per heavy atom. The molecule has 30 heavy (non-hydrogen) atoms. The highest BCUT2D eigenvalue weighted by Crippen LogP contribution is 2.33. The van der Waals surface area contributed by atoms with E-state index in [-0.39, 0.29) is 5.91 Å². The fourth-order valence-electron chi connectivity index (χ4n) is 3.78. The minimum atomic E-state index is 0.0358. The van der Waals surface area contributed by atoms with Gasteiger partial charge in [-0.05, 0) is 55.7 Å². The molecule has 3 aromatic rings. The largest absolute Gasteiger partial charge is 0.493 e. The number of piperidine rings is 1. The number of hydrogen-bond acceptors (Lipinski definition) is 5. The number of nitrogens with zero attached hydrogens (tertiary/aromatic N) is 2. The van der Waals surface area contributed by atoms with Gasteiger partial charge in [0.15, 0.2) is 11.5 Å². The van der Waals surface area contributed by atoms with E-state index in [4.69, 9.17) is 14.5 Å². The summed E-state index contributed by atoms with van der Waals surface area (Å²) in [5, 5.41) is 1.13. The van der Waals surface area contributed by atoms with Gasteiger partial charge in [0.1, 0.15) is 0 Å². The van der Waals surface area contributed by atoms with E-state index >= 15 is 0 Å². The van der Waals surface area contributed by atoms with Gasteiger partial charge in [-0.15, -0.1) is 11.3 Å². The summed E-state index contributed by atoms with van der Waals surface area (Å²) in [6.45, 7) is 4.02. The molecule has 6 heteroatoms. The van der Waals surface area contributed by atoms with E-state index < -0.39 is 0 Å². The molecule has 1 aliphatic heterocycles. The third-order valence-corrected chi connectivity index (χ3v) is 6.50. The van der Waals surface area contributed by atoms with Crippen LogP contribution in [-0.4, -0.2) is 42.6 Å². The number of benzene rings is 2. The Kier molecular flexibility index (Phi) is 6.33. The van der Waals surface area contributed by atoms with Gasteiger partial charge in [-0.3, -0.25) is 4.79 Å². The molecule has 0 spiro atoms. The zero-order valence-corrected chi connectivity index (χ0v) is 18.2. The number of rotatable bonds is 6. The molecule has 0 aliphatic carbocycles. The summed E-state index contributed by atoms with van der Waals surface area (Å²) in [6.07, 6.45) is 5.55. The van der Waals surface area contributed by atoms with Crippen LogP contribution in [0.5, 0.6) is 11.5 Å². The van der Waals surface area contributed by atoms with Gasteiger partial charge in [-0.2, -0.15) is 0 Å². The highest BCUT2D eigenvalue weighted by atomic mass is 32.1. The second-order valence-electron chi connectivity index (χ2n) is 7.32. The van der Waals surface area contributed by atoms with Crippen LogP contribution in [0, 0.1) is 0 Å². The maximum atomic E-state index is 12.8. The number of amides is 1. The number of fused-ring (bicyclic) bond motifs is 1. The van der Waals surface area contributed by atoms with E-state index in [0.717, 1.165) is 42.0 Å². The minimum absolute atomic E-state index is 0.0358. The molecular formula is C24H26N2O3S. The lowest BCUT2D eigenvalue weighted by Gasteiger charge is -2.31. The van der Waals surface area contributed by atoms with Gasteiger partial charge in [-0.1, -0.05) is 18.2 Å². The van der Waals surface area contributed by atoms with Crippen molar-refractivity contribution in [3.05, 3.63) is 59.1 Å². The van der Waals surface area contributed by atoms with Crippen molar-refractivity contribution in [2.45, 2.75) is 25.7 Å². The number of ether oxygens (including phenoxy) is 2. The third kappa shape index (κ3) is 4.49. The lowest BCUT2D eigenvalue weighted by Crippen LogP contribution is -2.38. The molecule has 1 aromatic heterocycles. The van der Waals surface area contributed by atoms with Crippen LogP contribution in [0.25, 0.3) is 16.3 Å². The maximum absolute atomic E-state index is 12.8. The summed E-state index contributed by atoms with van der Waals surface area (Å²) in [6, 6.07) is 13.9. The lowest BCUT2D eigenvalue weighted by molar-refractivity contribution is -0.127. The molecule has 1 saturated heterocycles. The second-order valence-corrected chi connectivity index (χ2v) is 8.38. The van der Waals surface area contributed by atoms with E-state index in [0.29, 0.717) is 24.0 Å². The number of aromatic nitrogens is 1. The molecule has 1 atom stereocenters. The molecule has 4 rings (SSSR count). The average molecular weight is 423 g/mol. The first kappa shape index (κ1) is 20.4. The zero-order chi connectivity index (χ0) is 20.9. The van der Waals surface area contributed by atoms with E-state index in [9.17, 15) is 4.79 Å². The van der Waals surface area contributed by atoms with E-state index in [1.807, 2.05) is 48.2 Å². The van der Waals surface area contributed by atoms with Gasteiger partial charge in [0.05, 0.1) is 28.9 Å². The monoisotopic (exact) mass is 422 g/mol. The van der Waals surface area contributed by atoms with Gasteiger partial charge in [0.25, 0.3) is 0 Å². The predicted molar refractivity (Wildman–Crippen MR) is 121 cm³/mol. The second kappa shape index (κ2) is 9.30. The quantitative estimate of drug-likeness (QED) is 0.517. The molecule has 0 N–H and O–H groups in total. The number of carbonyl (C=O) groups is 1. The van der Waals surface area contributed by atoms with Crippen molar-refractivity contribution in [3.8, 4) is 11.5 Å². The fourth-order valence-corrected chi connectivity index (χ4v) is 4.87. The molecule has 0 bridgehead atoms. The van der Waals surface area contributed by atoms with Crippen molar-refractivity contribution in [3.63, 3.8) is 0 Å². The average Bonchev–Trinajstić information content (AvgIpc) is 3.23. The smallest absolute Gasteiger partial charge is 0.246 e. The van der Waals surface area contributed by atoms with Crippen molar-refractivity contribution >= 4 is 33.5 Å². The Bertz CT molecular complexity index is 1030. The number of likely N-dealkylation sites (tertiary alicyclic amines) is 1. The van der Waals surface area contributed by atoms with Gasteiger partial charge >= 0.3 is 0 Å². The predicted octanol–water partition coefficient (Wildman–Crippen LogP) is 5.12. The Labute approximate surface area is 180 Å². The molecule has 2 heterocycles. The molecule has 5 nitrogen and oxygen atoms in total. The summed E-state index contributed by atoms with van der Waals surface area (Å²) in [4.78, 5) is 19.5. The maximum Gasteiger partial charge on any atom is 0.246 e. The fraction of sp³-hybridized carbons (Fsp3) is 0.333. The lowest BCUT2D eigenvalue weighted by atomic mass is 9.98. The van der Waals surface area contributed by atoms with Crippen molar-refractivity contribution in [2.24, 2.45) is 0 Å². The van der Waals surface area contributed by atoms with Crippen molar-refractivity contribution < 1.29 is 14.3 Å². The summed E-state index contributed by atoms with van der Waals surface area (Å²) in [5.74, 6) is 1.71. The SMILES string of the molecule is CCOc1ccc(/C=C/C(=O)N2CCC[C@@H](c3nc4ccccc4s3)C2)cc1OC. The summed E-state index contributed by atoms with van der Waals surface area (Å²) >= 11 is 1.74. The van der Waals surface area contributed by atoms with E-state index in [1.165, 1.54) is 4.70 Å². The Morgan fingerprint density at radius 1 is 1.27 bits per heavy atom. The first-order valence-corrected chi connectivity index (χ1v) is 11.1. The highest BCUT2D eigenvalue weighted by Gasteiger charge is 2.26. The van der Waals surface area contributed by atoms with Crippen LogP contribution in [0.15, 0.2) is 48.5 Å². The molecule has 1 amide bonds. The van der Waals surface area contributed by atoms with Crippen molar-refractivity contribution in [2.75, 3.05) is 26.8 Å². The Morgan fingerprint density at radius 2 is 2.13 bits per heavy atom. The molecule has 0 radical (unpaired) electrons. The first-order valence-electron chi connectivity index (χ1n) is 10.3. The summed E-state index contributed by atoms with van der Waals surface area (Å²) in [7, 11) is 1.62. The van der Waals surface area contributed by atoms with Gasteiger partial charge in [-0.25, -0.2) is 4.98 Å². The molecule has 1 aliphatic rings. The molecule has 2 aromatic carbocycles. The highest BCUT2D eigenvalue weighted by molar-refractivity contribution is 7.18. The van der Waals surface area contributed by atoms with E-state index in [2.05, 4.69) is 12.1 Å². The van der Waals surface area contributed by atoms with Gasteiger partial charge in [0, 0.05) is 25.1 Å². The third-order valence-electron chi connectivity index (χ3n) is 5.30. The Hall–Kier alpha value is -2.86. The number of methoxy groups -OCH3 is 1. The van der Waals surface area contributed by atoms with Crippen LogP contribution in [-0.2, 0) is 4.79 Å². The molecule has 0 unspecified atom stereocenters. The number of thiazole rings is 1. The normalized spacial score (nSPS) is 16.9.